The Morgan fingerprint density at radius 1 is 1.12 bits per heavy atom. The van der Waals surface area contributed by atoms with Gasteiger partial charge in [-0.1, -0.05) is 12.1 Å². The zero-order valence-corrected chi connectivity index (χ0v) is 16.0. The number of nitrogens with one attached hydrogen (secondary N) is 1. The van der Waals surface area contributed by atoms with Crippen LogP contribution in [0.25, 0.3) is 0 Å². The summed E-state index contributed by atoms with van der Waals surface area (Å²) in [6.45, 7) is 8.54. The number of carbonyl (C=O) groups is 1. The van der Waals surface area contributed by atoms with Gasteiger partial charge in [0.2, 0.25) is 5.91 Å². The number of hydrogen-bond donors (Lipinski definition) is 1. The van der Waals surface area contributed by atoms with Crippen molar-refractivity contribution in [2.45, 2.75) is 20.3 Å². The van der Waals surface area contributed by atoms with Crippen LogP contribution in [-0.4, -0.2) is 75.0 Å². The summed E-state index contributed by atoms with van der Waals surface area (Å²) in [5.74, 6) is 1.11. The van der Waals surface area contributed by atoms with E-state index in [9.17, 15) is 4.79 Å². The molecule has 0 radical (unpaired) electrons. The third kappa shape index (κ3) is 5.66. The molecule has 0 saturated carbocycles. The SMILES string of the molecule is CCNC(=NCCc1ccc(N(C)C)cc1)N1CCN(C(C)=O)CC1. The van der Waals surface area contributed by atoms with Crippen molar-refractivity contribution in [1.29, 1.82) is 0 Å². The summed E-state index contributed by atoms with van der Waals surface area (Å²) in [5.41, 5.74) is 2.51. The van der Waals surface area contributed by atoms with Gasteiger partial charge in [0, 0.05) is 66.0 Å². The molecular weight excluding hydrogens is 314 g/mol. The smallest absolute Gasteiger partial charge is 0.219 e. The minimum atomic E-state index is 0.155. The molecule has 1 heterocycles. The first-order valence-electron chi connectivity index (χ1n) is 9.06. The molecule has 1 N–H and O–H groups in total. The molecule has 1 aromatic rings. The number of carbonyl (C=O) groups excluding carboxylic acids is 1. The van der Waals surface area contributed by atoms with Crippen molar-refractivity contribution in [1.82, 2.24) is 15.1 Å². The fourth-order valence-electron chi connectivity index (χ4n) is 2.91. The quantitative estimate of drug-likeness (QED) is 0.648. The molecular formula is C19H31N5O. The van der Waals surface area contributed by atoms with Crippen LogP contribution < -0.4 is 10.2 Å². The molecule has 0 bridgehead atoms. The number of piperazine rings is 1. The second-order valence-electron chi connectivity index (χ2n) is 6.54. The van der Waals surface area contributed by atoms with Crippen LogP contribution in [-0.2, 0) is 11.2 Å². The molecule has 1 aliphatic rings. The van der Waals surface area contributed by atoms with Crippen molar-refractivity contribution in [2.24, 2.45) is 4.99 Å². The van der Waals surface area contributed by atoms with Crippen LogP contribution >= 0.6 is 0 Å². The lowest BCUT2D eigenvalue weighted by molar-refractivity contribution is -0.130. The summed E-state index contributed by atoms with van der Waals surface area (Å²) >= 11 is 0. The Bertz CT molecular complexity index is 574. The lowest BCUT2D eigenvalue weighted by Gasteiger charge is -2.36. The lowest BCUT2D eigenvalue weighted by Crippen LogP contribution is -2.53. The second kappa shape index (κ2) is 9.30. The summed E-state index contributed by atoms with van der Waals surface area (Å²) in [6.07, 6.45) is 0.927. The Hall–Kier alpha value is -2.24. The van der Waals surface area contributed by atoms with Gasteiger partial charge < -0.3 is 20.0 Å². The van der Waals surface area contributed by atoms with Crippen molar-refractivity contribution in [2.75, 3.05) is 58.3 Å². The number of anilines is 1. The number of nitrogens with zero attached hydrogens (tertiary/aromatic N) is 4. The molecule has 1 saturated heterocycles. The van der Waals surface area contributed by atoms with Gasteiger partial charge >= 0.3 is 0 Å². The summed E-state index contributed by atoms with van der Waals surface area (Å²) in [4.78, 5) is 22.5. The summed E-state index contributed by atoms with van der Waals surface area (Å²) in [5, 5.41) is 3.37. The molecule has 0 aliphatic carbocycles. The van der Waals surface area contributed by atoms with Gasteiger partial charge in [0.05, 0.1) is 0 Å². The monoisotopic (exact) mass is 345 g/mol. The molecule has 0 atom stereocenters. The zero-order valence-electron chi connectivity index (χ0n) is 16.0. The van der Waals surface area contributed by atoms with Gasteiger partial charge in [0.1, 0.15) is 0 Å². The number of guanidine groups is 1. The predicted molar refractivity (Wildman–Crippen MR) is 104 cm³/mol. The van der Waals surface area contributed by atoms with E-state index in [-0.39, 0.29) is 5.91 Å². The van der Waals surface area contributed by atoms with Crippen LogP contribution in [0.2, 0.25) is 0 Å². The molecule has 138 valence electrons. The standard InChI is InChI=1S/C19H31N5O/c1-5-20-19(24-14-12-23(13-15-24)16(2)25)21-11-10-17-6-8-18(9-7-17)22(3)4/h6-9H,5,10-15H2,1-4H3,(H,20,21). The van der Waals surface area contributed by atoms with E-state index in [1.165, 1.54) is 11.3 Å². The average Bonchev–Trinajstić information content (AvgIpc) is 2.61. The molecule has 1 fully saturated rings. The number of amides is 1. The number of rotatable bonds is 5. The van der Waals surface area contributed by atoms with Crippen LogP contribution in [0, 0.1) is 0 Å². The Morgan fingerprint density at radius 2 is 1.72 bits per heavy atom. The van der Waals surface area contributed by atoms with Crippen molar-refractivity contribution < 1.29 is 4.79 Å². The van der Waals surface area contributed by atoms with E-state index >= 15 is 0 Å². The van der Waals surface area contributed by atoms with E-state index in [4.69, 9.17) is 4.99 Å². The minimum absolute atomic E-state index is 0.155. The predicted octanol–water partition coefficient (Wildman–Crippen LogP) is 1.42. The Kier molecular flexibility index (Phi) is 7.10. The van der Waals surface area contributed by atoms with Gasteiger partial charge in [-0.05, 0) is 31.0 Å². The normalized spacial score (nSPS) is 15.3. The number of hydrogen-bond acceptors (Lipinski definition) is 3. The zero-order chi connectivity index (χ0) is 18.2. The van der Waals surface area contributed by atoms with Crippen molar-refractivity contribution >= 4 is 17.6 Å². The molecule has 0 spiro atoms. The van der Waals surface area contributed by atoms with Gasteiger partial charge in [-0.15, -0.1) is 0 Å². The Labute approximate surface area is 151 Å². The van der Waals surface area contributed by atoms with E-state index in [1.807, 2.05) is 19.0 Å². The molecule has 1 amide bonds. The van der Waals surface area contributed by atoms with E-state index in [0.717, 1.165) is 51.6 Å². The van der Waals surface area contributed by atoms with Crippen molar-refractivity contribution in [3.05, 3.63) is 29.8 Å². The first-order chi connectivity index (χ1) is 12.0. The minimum Gasteiger partial charge on any atom is -0.378 e. The van der Waals surface area contributed by atoms with Gasteiger partial charge in [-0.3, -0.25) is 9.79 Å². The second-order valence-corrected chi connectivity index (χ2v) is 6.54. The molecule has 0 unspecified atom stereocenters. The molecule has 2 rings (SSSR count). The Balaban J connectivity index is 1.90. The maximum Gasteiger partial charge on any atom is 0.219 e. The van der Waals surface area contributed by atoms with Crippen LogP contribution in [0.5, 0.6) is 0 Å². The average molecular weight is 345 g/mol. The third-order valence-electron chi connectivity index (χ3n) is 4.47. The van der Waals surface area contributed by atoms with Crippen LogP contribution in [0.1, 0.15) is 19.4 Å². The van der Waals surface area contributed by atoms with Crippen molar-refractivity contribution in [3.63, 3.8) is 0 Å². The highest BCUT2D eigenvalue weighted by molar-refractivity contribution is 5.80. The maximum atomic E-state index is 11.5. The van der Waals surface area contributed by atoms with E-state index in [1.54, 1.807) is 6.92 Å². The van der Waals surface area contributed by atoms with E-state index in [0.29, 0.717) is 0 Å². The van der Waals surface area contributed by atoms with E-state index < -0.39 is 0 Å². The van der Waals surface area contributed by atoms with Gasteiger partial charge in [0.25, 0.3) is 0 Å². The van der Waals surface area contributed by atoms with Crippen molar-refractivity contribution in [3.8, 4) is 0 Å². The van der Waals surface area contributed by atoms with Crippen LogP contribution in [0.4, 0.5) is 5.69 Å². The number of aliphatic imine (C=N–C) groups is 1. The molecule has 1 aromatic carbocycles. The van der Waals surface area contributed by atoms with Gasteiger partial charge in [-0.25, -0.2) is 0 Å². The molecule has 0 aromatic heterocycles. The van der Waals surface area contributed by atoms with Gasteiger partial charge in [0.15, 0.2) is 5.96 Å². The molecule has 25 heavy (non-hydrogen) atoms. The number of benzene rings is 1. The third-order valence-corrected chi connectivity index (χ3v) is 4.47. The summed E-state index contributed by atoms with van der Waals surface area (Å²) in [6, 6.07) is 8.63. The lowest BCUT2D eigenvalue weighted by atomic mass is 10.1. The largest absolute Gasteiger partial charge is 0.378 e. The fourth-order valence-corrected chi connectivity index (χ4v) is 2.91. The molecule has 6 heteroatoms. The Morgan fingerprint density at radius 3 is 2.24 bits per heavy atom. The maximum absolute atomic E-state index is 11.5. The molecule has 6 nitrogen and oxygen atoms in total. The van der Waals surface area contributed by atoms with E-state index in [2.05, 4.69) is 46.3 Å². The van der Waals surface area contributed by atoms with Crippen LogP contribution in [0.15, 0.2) is 29.3 Å². The molecule has 1 aliphatic heterocycles. The fraction of sp³-hybridized carbons (Fsp3) is 0.579. The first kappa shape index (κ1) is 19.1. The topological polar surface area (TPSA) is 51.2 Å². The highest BCUT2D eigenvalue weighted by atomic mass is 16.2. The summed E-state index contributed by atoms with van der Waals surface area (Å²) < 4.78 is 0. The first-order valence-corrected chi connectivity index (χ1v) is 9.06. The highest BCUT2D eigenvalue weighted by Crippen LogP contribution is 2.12. The summed E-state index contributed by atoms with van der Waals surface area (Å²) in [7, 11) is 4.10. The highest BCUT2D eigenvalue weighted by Gasteiger charge is 2.20. The van der Waals surface area contributed by atoms with Gasteiger partial charge in [-0.2, -0.15) is 0 Å². The van der Waals surface area contributed by atoms with Crippen LogP contribution in [0.3, 0.4) is 0 Å².